The zero-order valence-electron chi connectivity index (χ0n) is 11.7. The molecule has 2 aromatic rings. The molecule has 0 bridgehead atoms. The normalized spacial score (nSPS) is 10.3. The molecule has 0 fully saturated rings. The molecule has 2 N–H and O–H groups in total. The number of hydrogen-bond donors (Lipinski definition) is 2. The van der Waals surface area contributed by atoms with Gasteiger partial charge in [0.25, 0.3) is 5.56 Å². The number of aromatic carboxylic acids is 1. The zero-order valence-corrected chi connectivity index (χ0v) is 11.7. The summed E-state index contributed by atoms with van der Waals surface area (Å²) in [5, 5.41) is 11.4. The van der Waals surface area contributed by atoms with Gasteiger partial charge in [0.15, 0.2) is 0 Å². The fourth-order valence-electron chi connectivity index (χ4n) is 1.91. The van der Waals surface area contributed by atoms with E-state index in [0.29, 0.717) is 11.4 Å². The van der Waals surface area contributed by atoms with Crippen LogP contribution in [0.5, 0.6) is 0 Å². The van der Waals surface area contributed by atoms with Gasteiger partial charge in [-0.05, 0) is 43.3 Å². The van der Waals surface area contributed by atoms with Crippen LogP contribution in [0.4, 0.5) is 10.1 Å². The molecule has 0 aliphatic rings. The number of anilines is 1. The Labute approximate surface area is 124 Å². The Bertz CT molecular complexity index is 781. The molecule has 0 aliphatic heterocycles. The monoisotopic (exact) mass is 304 g/mol. The minimum absolute atomic E-state index is 0.330. The number of amides is 1. The van der Waals surface area contributed by atoms with E-state index in [1.54, 1.807) is 6.92 Å². The molecule has 0 saturated heterocycles. The summed E-state index contributed by atoms with van der Waals surface area (Å²) in [5.41, 5.74) is -0.308. The molecule has 22 heavy (non-hydrogen) atoms. The lowest BCUT2D eigenvalue weighted by atomic mass is 10.2. The SMILES string of the molecule is Cc1ccc(C(=O)O)c(=O)n1CC(=O)Nc1ccc(F)cc1. The average molecular weight is 304 g/mol. The maximum absolute atomic E-state index is 12.8. The smallest absolute Gasteiger partial charge is 0.341 e. The number of nitrogens with zero attached hydrogens (tertiary/aromatic N) is 1. The van der Waals surface area contributed by atoms with Crippen molar-refractivity contribution in [3.8, 4) is 0 Å². The first-order valence-corrected chi connectivity index (χ1v) is 6.37. The number of aromatic nitrogens is 1. The van der Waals surface area contributed by atoms with Gasteiger partial charge in [-0.25, -0.2) is 9.18 Å². The standard InChI is InChI=1S/C15H13FN2O4/c1-9-2-7-12(15(21)22)14(20)18(9)8-13(19)17-11-5-3-10(16)4-6-11/h2-7H,8H2,1H3,(H,17,19)(H,21,22). The number of halogens is 1. The highest BCUT2D eigenvalue weighted by Crippen LogP contribution is 2.08. The maximum Gasteiger partial charge on any atom is 0.341 e. The van der Waals surface area contributed by atoms with Gasteiger partial charge in [0.1, 0.15) is 17.9 Å². The minimum Gasteiger partial charge on any atom is -0.477 e. The number of hydrogen-bond acceptors (Lipinski definition) is 3. The van der Waals surface area contributed by atoms with Crippen LogP contribution in [-0.4, -0.2) is 21.6 Å². The fourth-order valence-corrected chi connectivity index (χ4v) is 1.91. The molecule has 6 nitrogen and oxygen atoms in total. The van der Waals surface area contributed by atoms with Gasteiger partial charge >= 0.3 is 5.97 Å². The van der Waals surface area contributed by atoms with Crippen molar-refractivity contribution >= 4 is 17.6 Å². The second kappa shape index (κ2) is 6.21. The van der Waals surface area contributed by atoms with Gasteiger partial charge in [0.05, 0.1) is 0 Å². The Kier molecular flexibility index (Phi) is 4.36. The number of carbonyl (C=O) groups is 2. The summed E-state index contributed by atoms with van der Waals surface area (Å²) in [6.45, 7) is 1.27. The van der Waals surface area contributed by atoms with Gasteiger partial charge in [-0.15, -0.1) is 0 Å². The van der Waals surface area contributed by atoms with Gasteiger partial charge in [-0.1, -0.05) is 0 Å². The molecule has 0 saturated carbocycles. The third-order valence-corrected chi connectivity index (χ3v) is 3.05. The molecule has 2 rings (SSSR count). The van der Waals surface area contributed by atoms with Crippen molar-refractivity contribution < 1.29 is 19.1 Å². The molecule has 1 amide bonds. The van der Waals surface area contributed by atoms with Crippen molar-refractivity contribution in [3.63, 3.8) is 0 Å². The number of nitrogens with one attached hydrogen (secondary N) is 1. The van der Waals surface area contributed by atoms with E-state index in [2.05, 4.69) is 5.32 Å². The summed E-state index contributed by atoms with van der Waals surface area (Å²) in [5.74, 6) is -2.30. The van der Waals surface area contributed by atoms with E-state index in [4.69, 9.17) is 5.11 Å². The summed E-state index contributed by atoms with van der Waals surface area (Å²) in [4.78, 5) is 34.9. The molecule has 0 unspecified atom stereocenters. The summed E-state index contributed by atoms with van der Waals surface area (Å²) in [7, 11) is 0. The predicted molar refractivity (Wildman–Crippen MR) is 77.4 cm³/mol. The maximum atomic E-state index is 12.8. The molecule has 0 radical (unpaired) electrons. The Morgan fingerprint density at radius 1 is 1.18 bits per heavy atom. The molecule has 1 aromatic heterocycles. The van der Waals surface area contributed by atoms with E-state index in [1.807, 2.05) is 0 Å². The van der Waals surface area contributed by atoms with E-state index in [-0.39, 0.29) is 6.54 Å². The Morgan fingerprint density at radius 2 is 1.82 bits per heavy atom. The van der Waals surface area contributed by atoms with Crippen LogP contribution >= 0.6 is 0 Å². The van der Waals surface area contributed by atoms with Crippen LogP contribution in [0, 0.1) is 12.7 Å². The molecule has 1 aromatic carbocycles. The highest BCUT2D eigenvalue weighted by molar-refractivity contribution is 5.91. The lowest BCUT2D eigenvalue weighted by Crippen LogP contribution is -2.32. The number of carboxylic acid groups (broad SMARTS) is 1. The van der Waals surface area contributed by atoms with Crippen LogP contribution in [0.3, 0.4) is 0 Å². The predicted octanol–water partition coefficient (Wildman–Crippen LogP) is 1.63. The van der Waals surface area contributed by atoms with Gasteiger partial charge in [-0.2, -0.15) is 0 Å². The second-order valence-corrected chi connectivity index (χ2v) is 4.64. The van der Waals surface area contributed by atoms with Gasteiger partial charge in [0, 0.05) is 11.4 Å². The molecular weight excluding hydrogens is 291 g/mol. The van der Waals surface area contributed by atoms with Crippen LogP contribution in [0.15, 0.2) is 41.2 Å². The quantitative estimate of drug-likeness (QED) is 0.898. The molecule has 0 spiro atoms. The fraction of sp³-hybridized carbons (Fsp3) is 0.133. The van der Waals surface area contributed by atoms with E-state index >= 15 is 0 Å². The summed E-state index contributed by atoms with van der Waals surface area (Å²) in [6.07, 6.45) is 0. The number of pyridine rings is 1. The summed E-state index contributed by atoms with van der Waals surface area (Å²) < 4.78 is 13.9. The number of aryl methyl sites for hydroxylation is 1. The van der Waals surface area contributed by atoms with Crippen LogP contribution in [-0.2, 0) is 11.3 Å². The Balaban J connectivity index is 2.21. The van der Waals surface area contributed by atoms with E-state index in [9.17, 15) is 18.8 Å². The first-order valence-electron chi connectivity index (χ1n) is 6.37. The molecule has 0 aliphatic carbocycles. The lowest BCUT2D eigenvalue weighted by molar-refractivity contribution is -0.116. The topological polar surface area (TPSA) is 88.4 Å². The van der Waals surface area contributed by atoms with Crippen molar-refractivity contribution in [1.82, 2.24) is 4.57 Å². The van der Waals surface area contributed by atoms with E-state index < -0.39 is 28.8 Å². The molecule has 0 atom stereocenters. The van der Waals surface area contributed by atoms with E-state index in [1.165, 1.54) is 36.4 Å². The minimum atomic E-state index is -1.35. The number of rotatable bonds is 4. The van der Waals surface area contributed by atoms with E-state index in [0.717, 1.165) is 4.57 Å². The van der Waals surface area contributed by atoms with Crippen LogP contribution in [0.1, 0.15) is 16.1 Å². The van der Waals surface area contributed by atoms with Crippen molar-refractivity contribution in [3.05, 3.63) is 63.8 Å². The van der Waals surface area contributed by atoms with Crippen LogP contribution in [0.2, 0.25) is 0 Å². The van der Waals surface area contributed by atoms with Crippen molar-refractivity contribution in [1.29, 1.82) is 0 Å². The highest BCUT2D eigenvalue weighted by Gasteiger charge is 2.14. The number of carboxylic acids is 1. The molecule has 1 heterocycles. The highest BCUT2D eigenvalue weighted by atomic mass is 19.1. The van der Waals surface area contributed by atoms with Crippen LogP contribution in [0.25, 0.3) is 0 Å². The third-order valence-electron chi connectivity index (χ3n) is 3.05. The second-order valence-electron chi connectivity index (χ2n) is 4.64. The Morgan fingerprint density at radius 3 is 2.41 bits per heavy atom. The summed E-state index contributed by atoms with van der Waals surface area (Å²) in [6, 6.07) is 7.81. The first kappa shape index (κ1) is 15.4. The summed E-state index contributed by atoms with van der Waals surface area (Å²) >= 11 is 0. The largest absolute Gasteiger partial charge is 0.477 e. The van der Waals surface area contributed by atoms with Gasteiger partial charge in [0.2, 0.25) is 5.91 Å². The van der Waals surface area contributed by atoms with Crippen LogP contribution < -0.4 is 10.9 Å². The molecule has 7 heteroatoms. The molecular formula is C15H13FN2O4. The Hall–Kier alpha value is -2.96. The third kappa shape index (κ3) is 3.38. The zero-order chi connectivity index (χ0) is 16.3. The average Bonchev–Trinajstić information content (AvgIpc) is 2.45. The van der Waals surface area contributed by atoms with Gasteiger partial charge < -0.3 is 15.0 Å². The number of carbonyl (C=O) groups excluding carboxylic acids is 1. The van der Waals surface area contributed by atoms with Crippen molar-refractivity contribution in [2.45, 2.75) is 13.5 Å². The van der Waals surface area contributed by atoms with Crippen molar-refractivity contribution in [2.75, 3.05) is 5.32 Å². The first-order chi connectivity index (χ1) is 10.4. The van der Waals surface area contributed by atoms with Crippen molar-refractivity contribution in [2.24, 2.45) is 0 Å². The lowest BCUT2D eigenvalue weighted by Gasteiger charge is -2.11. The molecule has 114 valence electrons. The van der Waals surface area contributed by atoms with Gasteiger partial charge in [-0.3, -0.25) is 9.59 Å². The number of benzene rings is 1.